The molecule has 0 saturated carbocycles. The van der Waals surface area contributed by atoms with Crippen molar-refractivity contribution in [2.45, 2.75) is 26.7 Å². The van der Waals surface area contributed by atoms with Crippen LogP contribution in [0.15, 0.2) is 12.7 Å². The van der Waals surface area contributed by atoms with Gasteiger partial charge in [-0.3, -0.25) is 4.90 Å². The fraction of sp³-hybridized carbons (Fsp3) is 0.818. The highest BCUT2D eigenvalue weighted by molar-refractivity contribution is 4.73. The van der Waals surface area contributed by atoms with Gasteiger partial charge in [0.15, 0.2) is 0 Å². The monoisotopic (exact) mass is 184 g/mol. The summed E-state index contributed by atoms with van der Waals surface area (Å²) in [6, 6.07) is 0. The SMILES string of the molecule is C=CCN(CC)CCC(CC)CN. The molecule has 2 heteroatoms. The molecule has 78 valence electrons. The maximum atomic E-state index is 5.65. The molecule has 2 nitrogen and oxygen atoms in total. The van der Waals surface area contributed by atoms with Crippen LogP contribution >= 0.6 is 0 Å². The van der Waals surface area contributed by atoms with E-state index in [1.165, 1.54) is 12.8 Å². The summed E-state index contributed by atoms with van der Waals surface area (Å²) in [7, 11) is 0. The molecule has 0 aliphatic carbocycles. The van der Waals surface area contributed by atoms with Crippen molar-refractivity contribution in [1.82, 2.24) is 4.90 Å². The lowest BCUT2D eigenvalue weighted by Gasteiger charge is -2.21. The lowest BCUT2D eigenvalue weighted by atomic mass is 10.0. The van der Waals surface area contributed by atoms with Gasteiger partial charge in [-0.05, 0) is 32.0 Å². The molecule has 0 spiro atoms. The van der Waals surface area contributed by atoms with E-state index in [1.54, 1.807) is 0 Å². The molecule has 0 aliphatic rings. The van der Waals surface area contributed by atoms with E-state index in [0.717, 1.165) is 26.2 Å². The van der Waals surface area contributed by atoms with Gasteiger partial charge in [-0.2, -0.15) is 0 Å². The summed E-state index contributed by atoms with van der Waals surface area (Å²) in [5.41, 5.74) is 5.65. The topological polar surface area (TPSA) is 29.3 Å². The number of nitrogens with two attached hydrogens (primary N) is 1. The van der Waals surface area contributed by atoms with Crippen LogP contribution in [0, 0.1) is 5.92 Å². The predicted octanol–water partition coefficient (Wildman–Crippen LogP) is 1.87. The smallest absolute Gasteiger partial charge is 0.0160 e. The predicted molar refractivity (Wildman–Crippen MR) is 59.8 cm³/mol. The quantitative estimate of drug-likeness (QED) is 0.584. The molecule has 0 fully saturated rings. The van der Waals surface area contributed by atoms with E-state index < -0.39 is 0 Å². The summed E-state index contributed by atoms with van der Waals surface area (Å²) in [6.45, 7) is 12.2. The minimum Gasteiger partial charge on any atom is -0.330 e. The Morgan fingerprint density at radius 2 is 2.15 bits per heavy atom. The van der Waals surface area contributed by atoms with Gasteiger partial charge in [0.25, 0.3) is 0 Å². The zero-order valence-corrected chi connectivity index (χ0v) is 9.13. The van der Waals surface area contributed by atoms with Crippen LogP contribution in [-0.4, -0.2) is 31.1 Å². The molecular formula is C11H24N2. The van der Waals surface area contributed by atoms with Gasteiger partial charge in [-0.15, -0.1) is 6.58 Å². The Balaban J connectivity index is 3.62. The molecule has 0 aromatic rings. The third kappa shape index (κ3) is 5.83. The summed E-state index contributed by atoms with van der Waals surface area (Å²) in [4.78, 5) is 2.39. The molecule has 0 radical (unpaired) electrons. The number of hydrogen-bond acceptors (Lipinski definition) is 2. The maximum absolute atomic E-state index is 5.65. The van der Waals surface area contributed by atoms with Gasteiger partial charge < -0.3 is 5.73 Å². The van der Waals surface area contributed by atoms with Crippen molar-refractivity contribution in [3.05, 3.63) is 12.7 Å². The van der Waals surface area contributed by atoms with Gasteiger partial charge in [0.05, 0.1) is 0 Å². The largest absolute Gasteiger partial charge is 0.330 e. The first-order chi connectivity index (χ1) is 6.28. The maximum Gasteiger partial charge on any atom is 0.0160 e. The summed E-state index contributed by atoms with van der Waals surface area (Å²) in [5, 5.41) is 0. The summed E-state index contributed by atoms with van der Waals surface area (Å²) in [6.07, 6.45) is 4.38. The first-order valence-corrected chi connectivity index (χ1v) is 5.31. The molecule has 2 N–H and O–H groups in total. The Kier molecular flexibility index (Phi) is 8.05. The highest BCUT2D eigenvalue weighted by Gasteiger charge is 2.06. The van der Waals surface area contributed by atoms with E-state index >= 15 is 0 Å². The fourth-order valence-corrected chi connectivity index (χ4v) is 1.41. The van der Waals surface area contributed by atoms with Gasteiger partial charge in [0, 0.05) is 6.54 Å². The fourth-order valence-electron chi connectivity index (χ4n) is 1.41. The summed E-state index contributed by atoms with van der Waals surface area (Å²) in [5.74, 6) is 0.693. The molecule has 0 heterocycles. The first kappa shape index (κ1) is 12.7. The van der Waals surface area contributed by atoms with Gasteiger partial charge in [-0.1, -0.05) is 26.3 Å². The second-order valence-electron chi connectivity index (χ2n) is 3.48. The van der Waals surface area contributed by atoms with Crippen molar-refractivity contribution in [3.8, 4) is 0 Å². The first-order valence-electron chi connectivity index (χ1n) is 5.31. The van der Waals surface area contributed by atoms with Crippen molar-refractivity contribution in [2.24, 2.45) is 11.7 Å². The Bertz CT molecular complexity index is 119. The van der Waals surface area contributed by atoms with E-state index in [1.807, 2.05) is 6.08 Å². The van der Waals surface area contributed by atoms with Crippen LogP contribution in [0.2, 0.25) is 0 Å². The van der Waals surface area contributed by atoms with E-state index in [-0.39, 0.29) is 0 Å². The molecular weight excluding hydrogens is 160 g/mol. The average molecular weight is 184 g/mol. The third-order valence-corrected chi connectivity index (χ3v) is 2.60. The number of likely N-dealkylation sites (N-methyl/N-ethyl adjacent to an activating group) is 1. The van der Waals surface area contributed by atoms with Crippen molar-refractivity contribution in [3.63, 3.8) is 0 Å². The molecule has 13 heavy (non-hydrogen) atoms. The van der Waals surface area contributed by atoms with Crippen molar-refractivity contribution >= 4 is 0 Å². The van der Waals surface area contributed by atoms with Gasteiger partial charge >= 0.3 is 0 Å². The molecule has 0 rings (SSSR count). The van der Waals surface area contributed by atoms with E-state index in [2.05, 4.69) is 25.3 Å². The molecule has 0 amide bonds. The van der Waals surface area contributed by atoms with Crippen molar-refractivity contribution < 1.29 is 0 Å². The lowest BCUT2D eigenvalue weighted by Crippen LogP contribution is -2.27. The summed E-state index contributed by atoms with van der Waals surface area (Å²) >= 11 is 0. The second kappa shape index (κ2) is 8.27. The molecule has 0 aromatic carbocycles. The molecule has 0 aliphatic heterocycles. The van der Waals surface area contributed by atoms with Crippen LogP contribution < -0.4 is 5.73 Å². The Hall–Kier alpha value is -0.340. The zero-order valence-electron chi connectivity index (χ0n) is 9.13. The average Bonchev–Trinajstić information content (AvgIpc) is 2.17. The van der Waals surface area contributed by atoms with E-state index in [4.69, 9.17) is 5.73 Å². The van der Waals surface area contributed by atoms with Crippen LogP contribution in [0.25, 0.3) is 0 Å². The van der Waals surface area contributed by atoms with Crippen molar-refractivity contribution in [1.29, 1.82) is 0 Å². The Morgan fingerprint density at radius 3 is 2.54 bits per heavy atom. The van der Waals surface area contributed by atoms with Crippen LogP contribution in [0.5, 0.6) is 0 Å². The Morgan fingerprint density at radius 1 is 1.46 bits per heavy atom. The second-order valence-corrected chi connectivity index (χ2v) is 3.48. The van der Waals surface area contributed by atoms with E-state index in [9.17, 15) is 0 Å². The minimum atomic E-state index is 0.693. The normalized spacial score (nSPS) is 13.2. The van der Waals surface area contributed by atoms with Crippen molar-refractivity contribution in [2.75, 3.05) is 26.2 Å². The highest BCUT2D eigenvalue weighted by Crippen LogP contribution is 2.06. The molecule has 1 atom stereocenters. The van der Waals surface area contributed by atoms with Crippen LogP contribution in [0.3, 0.4) is 0 Å². The standard InChI is InChI=1S/C11H24N2/c1-4-8-13(6-3)9-7-11(5-2)10-12/h4,11H,1,5-10,12H2,2-3H3. The van der Waals surface area contributed by atoms with Gasteiger partial charge in [0.2, 0.25) is 0 Å². The minimum absolute atomic E-state index is 0.693. The van der Waals surface area contributed by atoms with Crippen LogP contribution in [-0.2, 0) is 0 Å². The van der Waals surface area contributed by atoms with Gasteiger partial charge in [-0.25, -0.2) is 0 Å². The van der Waals surface area contributed by atoms with Gasteiger partial charge in [0.1, 0.15) is 0 Å². The highest BCUT2D eigenvalue weighted by atomic mass is 15.1. The number of nitrogens with zero attached hydrogens (tertiary/aromatic N) is 1. The summed E-state index contributed by atoms with van der Waals surface area (Å²) < 4.78 is 0. The number of rotatable bonds is 8. The third-order valence-electron chi connectivity index (χ3n) is 2.60. The van der Waals surface area contributed by atoms with E-state index in [0.29, 0.717) is 5.92 Å². The molecule has 0 aromatic heterocycles. The molecule has 1 unspecified atom stereocenters. The Labute approximate surface area is 82.8 Å². The molecule has 0 saturated heterocycles. The lowest BCUT2D eigenvalue weighted by molar-refractivity contribution is 0.286. The van der Waals surface area contributed by atoms with Crippen LogP contribution in [0.4, 0.5) is 0 Å². The van der Waals surface area contributed by atoms with Crippen LogP contribution in [0.1, 0.15) is 26.7 Å². The molecule has 0 bridgehead atoms. The zero-order chi connectivity index (χ0) is 10.1. The number of hydrogen-bond donors (Lipinski definition) is 1.